The van der Waals surface area contributed by atoms with Crippen LogP contribution in [0.1, 0.15) is 46.7 Å². The summed E-state index contributed by atoms with van der Waals surface area (Å²) in [6.07, 6.45) is 6.91. The number of fused-ring (bicyclic) bond motifs is 2. The van der Waals surface area contributed by atoms with Gasteiger partial charge in [0.25, 0.3) is 0 Å². The summed E-state index contributed by atoms with van der Waals surface area (Å²) in [4.78, 5) is 28.6. The van der Waals surface area contributed by atoms with Crippen LogP contribution in [0.25, 0.3) is 5.57 Å². The fraction of sp³-hybridized carbons (Fsp3) is 0.304. The zero-order valence-corrected chi connectivity index (χ0v) is 17.6. The van der Waals surface area contributed by atoms with Crippen molar-refractivity contribution in [2.75, 3.05) is 18.0 Å². The molecule has 0 amide bonds. The number of hydrogen-bond acceptors (Lipinski definition) is 6. The maximum atomic E-state index is 14.0. The summed E-state index contributed by atoms with van der Waals surface area (Å²) >= 11 is 1.62. The van der Waals surface area contributed by atoms with E-state index >= 15 is 0 Å². The number of carbonyl (C=O) groups is 1. The Hall–Kier alpha value is -3.00. The van der Waals surface area contributed by atoms with E-state index in [1.807, 2.05) is 11.6 Å². The summed E-state index contributed by atoms with van der Waals surface area (Å²) in [7, 11) is 0. The minimum Gasteiger partial charge on any atom is -0.343 e. The fourth-order valence-corrected chi connectivity index (χ4v) is 4.99. The molecule has 31 heavy (non-hydrogen) atoms. The first-order valence-electron chi connectivity index (χ1n) is 10.3. The summed E-state index contributed by atoms with van der Waals surface area (Å²) in [6.45, 7) is 1.68. The molecule has 5 rings (SSSR count). The van der Waals surface area contributed by atoms with E-state index in [0.29, 0.717) is 5.69 Å². The van der Waals surface area contributed by atoms with Crippen molar-refractivity contribution < 1.29 is 13.6 Å². The molecule has 3 heterocycles. The van der Waals surface area contributed by atoms with Crippen LogP contribution in [0.3, 0.4) is 0 Å². The van der Waals surface area contributed by atoms with Crippen LogP contribution < -0.4 is 4.90 Å². The lowest BCUT2D eigenvalue weighted by Gasteiger charge is -2.30. The second-order valence-corrected chi connectivity index (χ2v) is 8.65. The Morgan fingerprint density at radius 3 is 2.74 bits per heavy atom. The number of anilines is 1. The van der Waals surface area contributed by atoms with Crippen LogP contribution in [-0.2, 0) is 12.8 Å². The second-order valence-electron chi connectivity index (χ2n) is 7.78. The molecule has 2 aliphatic rings. The number of rotatable bonds is 4. The van der Waals surface area contributed by atoms with Gasteiger partial charge in [-0.1, -0.05) is 11.6 Å². The number of nitrogens with zero attached hydrogens (tertiary/aromatic N) is 4. The zero-order valence-electron chi connectivity index (χ0n) is 16.8. The molecule has 0 fully saturated rings. The van der Waals surface area contributed by atoms with Crippen LogP contribution >= 0.6 is 11.3 Å². The topological polar surface area (TPSA) is 59.0 Å². The molecule has 1 aromatic carbocycles. The Bertz CT molecular complexity index is 1160. The first kappa shape index (κ1) is 19.9. The van der Waals surface area contributed by atoms with Crippen LogP contribution in [0.15, 0.2) is 41.5 Å². The summed E-state index contributed by atoms with van der Waals surface area (Å²) < 4.78 is 27.9. The third-order valence-electron chi connectivity index (χ3n) is 5.80. The van der Waals surface area contributed by atoms with E-state index in [2.05, 4.69) is 19.9 Å². The minimum atomic E-state index is -0.855. The SMILES string of the molecule is O=C(Cc1cnc2c(n1)CCCC1=C2CN(c2nccs2)CC1)c1c(F)cccc1F. The fourth-order valence-electron chi connectivity index (χ4n) is 4.32. The van der Waals surface area contributed by atoms with Gasteiger partial charge in [-0.3, -0.25) is 14.8 Å². The lowest BCUT2D eigenvalue weighted by Crippen LogP contribution is -2.31. The molecule has 1 aliphatic heterocycles. The van der Waals surface area contributed by atoms with Crippen LogP contribution in [0.2, 0.25) is 0 Å². The predicted octanol–water partition coefficient (Wildman–Crippen LogP) is 4.64. The maximum absolute atomic E-state index is 14.0. The minimum absolute atomic E-state index is 0.185. The van der Waals surface area contributed by atoms with E-state index in [1.54, 1.807) is 17.5 Å². The quantitative estimate of drug-likeness (QED) is 0.556. The molecule has 0 radical (unpaired) electrons. The van der Waals surface area contributed by atoms with E-state index in [4.69, 9.17) is 0 Å². The smallest absolute Gasteiger partial charge is 0.185 e. The van der Waals surface area contributed by atoms with Crippen molar-refractivity contribution >= 4 is 27.8 Å². The number of benzene rings is 1. The molecule has 3 aromatic rings. The molecule has 0 N–H and O–H groups in total. The normalized spacial score (nSPS) is 16.0. The molecule has 0 unspecified atom stereocenters. The van der Waals surface area contributed by atoms with E-state index in [-0.39, 0.29) is 6.42 Å². The first-order valence-corrected chi connectivity index (χ1v) is 11.2. The van der Waals surface area contributed by atoms with Crippen LogP contribution in [0.4, 0.5) is 13.9 Å². The predicted molar refractivity (Wildman–Crippen MR) is 115 cm³/mol. The summed E-state index contributed by atoms with van der Waals surface area (Å²) in [5.41, 5.74) is 4.25. The molecule has 8 heteroatoms. The molecule has 2 aromatic heterocycles. The third-order valence-corrected chi connectivity index (χ3v) is 6.64. The standard InChI is InChI=1S/C23H20F2N4OS/c24-17-4-2-5-18(25)21(17)20(30)11-15-12-27-22-16-13-29(23-26-8-10-31-23)9-7-14(16)3-1-6-19(22)28-15/h2,4-5,8,10,12H,1,3,6-7,9,11,13H2. The molecule has 0 saturated heterocycles. The lowest BCUT2D eigenvalue weighted by atomic mass is 9.96. The number of carbonyl (C=O) groups excluding carboxylic acids is 1. The van der Waals surface area contributed by atoms with Gasteiger partial charge < -0.3 is 4.90 Å². The highest BCUT2D eigenvalue weighted by atomic mass is 32.1. The molecular weight excluding hydrogens is 418 g/mol. The Labute approximate surface area is 182 Å². The van der Waals surface area contributed by atoms with Crippen molar-refractivity contribution in [2.24, 2.45) is 0 Å². The Morgan fingerprint density at radius 1 is 1.13 bits per heavy atom. The van der Waals surface area contributed by atoms with Gasteiger partial charge in [0.05, 0.1) is 29.1 Å². The van der Waals surface area contributed by atoms with Crippen molar-refractivity contribution in [2.45, 2.75) is 32.1 Å². The van der Waals surface area contributed by atoms with Crippen molar-refractivity contribution in [3.8, 4) is 0 Å². The van der Waals surface area contributed by atoms with E-state index in [1.165, 1.54) is 17.2 Å². The monoisotopic (exact) mass is 438 g/mol. The van der Waals surface area contributed by atoms with Gasteiger partial charge in [-0.25, -0.2) is 13.8 Å². The number of hydrogen-bond donors (Lipinski definition) is 0. The van der Waals surface area contributed by atoms with Crippen molar-refractivity contribution in [1.29, 1.82) is 0 Å². The maximum Gasteiger partial charge on any atom is 0.185 e. The van der Waals surface area contributed by atoms with Crippen LogP contribution in [-0.4, -0.2) is 33.8 Å². The second kappa shape index (κ2) is 8.26. The zero-order chi connectivity index (χ0) is 21.4. The average Bonchev–Trinajstić information content (AvgIpc) is 3.23. The third kappa shape index (κ3) is 3.87. The number of halogens is 2. The number of Topliss-reactive ketones (excluding diaryl/α,β-unsaturated/α-hetero) is 1. The summed E-state index contributed by atoms with van der Waals surface area (Å²) in [5, 5.41) is 2.97. The number of aryl methyl sites for hydroxylation is 1. The van der Waals surface area contributed by atoms with E-state index in [0.717, 1.165) is 67.4 Å². The first-order chi connectivity index (χ1) is 15.1. The molecule has 0 atom stereocenters. The molecule has 0 bridgehead atoms. The van der Waals surface area contributed by atoms with Gasteiger partial charge in [-0.2, -0.15) is 0 Å². The number of thiazole rings is 1. The van der Waals surface area contributed by atoms with Gasteiger partial charge in [0.2, 0.25) is 0 Å². The van der Waals surface area contributed by atoms with Crippen molar-refractivity contribution in [3.63, 3.8) is 0 Å². The Kier molecular flexibility index (Phi) is 5.31. The number of ketones is 1. The highest BCUT2D eigenvalue weighted by molar-refractivity contribution is 7.13. The molecular formula is C23H20F2N4OS. The van der Waals surface area contributed by atoms with E-state index in [9.17, 15) is 13.6 Å². The van der Waals surface area contributed by atoms with Gasteiger partial charge in [0, 0.05) is 30.9 Å². The van der Waals surface area contributed by atoms with Gasteiger partial charge >= 0.3 is 0 Å². The molecule has 5 nitrogen and oxygen atoms in total. The summed E-state index contributed by atoms with van der Waals surface area (Å²) in [5.74, 6) is -2.34. The average molecular weight is 439 g/mol. The molecule has 158 valence electrons. The van der Waals surface area contributed by atoms with Gasteiger partial charge in [-0.15, -0.1) is 11.3 Å². The van der Waals surface area contributed by atoms with E-state index < -0.39 is 23.0 Å². The largest absolute Gasteiger partial charge is 0.343 e. The Balaban J connectivity index is 1.42. The van der Waals surface area contributed by atoms with Gasteiger partial charge in [0.15, 0.2) is 10.9 Å². The molecule has 0 spiro atoms. The molecule has 1 aliphatic carbocycles. The van der Waals surface area contributed by atoms with Crippen LogP contribution in [0.5, 0.6) is 0 Å². The van der Waals surface area contributed by atoms with Crippen LogP contribution in [0, 0.1) is 11.6 Å². The Morgan fingerprint density at radius 2 is 1.97 bits per heavy atom. The highest BCUT2D eigenvalue weighted by Gasteiger charge is 2.27. The highest BCUT2D eigenvalue weighted by Crippen LogP contribution is 2.35. The van der Waals surface area contributed by atoms with Gasteiger partial charge in [0.1, 0.15) is 11.6 Å². The van der Waals surface area contributed by atoms with Crippen molar-refractivity contribution in [1.82, 2.24) is 15.0 Å². The lowest BCUT2D eigenvalue weighted by molar-refractivity contribution is 0.0983. The van der Waals surface area contributed by atoms with Gasteiger partial charge in [-0.05, 0) is 43.4 Å². The number of aromatic nitrogens is 3. The molecule has 0 saturated carbocycles. The van der Waals surface area contributed by atoms with Crippen molar-refractivity contribution in [3.05, 3.63) is 75.8 Å². The summed E-state index contributed by atoms with van der Waals surface area (Å²) in [6, 6.07) is 3.42.